The Morgan fingerprint density at radius 2 is 2.00 bits per heavy atom. The van der Waals surface area contributed by atoms with Crippen molar-refractivity contribution >= 4 is 11.8 Å². The molecule has 2 rings (SSSR count). The molecule has 2 aliphatic rings. The molecule has 2 amide bonds. The molecule has 1 aliphatic heterocycles. The molecular formula is C14H24N2O3. The van der Waals surface area contributed by atoms with Gasteiger partial charge in [0.25, 0.3) is 0 Å². The standard InChI is InChI=1S/C14H24N2O3/c1-13(2)6-10-7-14(3,8-13)9-16(10)12(19)11(18)15-4-5-17/h10,17H,4-9H2,1-3H3,(H,15,18). The molecule has 1 aliphatic carbocycles. The molecule has 2 atom stereocenters. The van der Waals surface area contributed by atoms with E-state index < -0.39 is 11.8 Å². The van der Waals surface area contributed by atoms with E-state index in [0.717, 1.165) is 19.3 Å². The van der Waals surface area contributed by atoms with Crippen molar-refractivity contribution in [1.29, 1.82) is 0 Å². The molecule has 5 heteroatoms. The van der Waals surface area contributed by atoms with Gasteiger partial charge in [0, 0.05) is 19.1 Å². The first kappa shape index (κ1) is 14.3. The molecule has 2 unspecified atom stereocenters. The number of nitrogens with zero attached hydrogens (tertiary/aromatic N) is 1. The van der Waals surface area contributed by atoms with Gasteiger partial charge in [0.15, 0.2) is 0 Å². The summed E-state index contributed by atoms with van der Waals surface area (Å²) in [4.78, 5) is 25.6. The van der Waals surface area contributed by atoms with Crippen molar-refractivity contribution in [2.75, 3.05) is 19.7 Å². The molecule has 0 radical (unpaired) electrons. The van der Waals surface area contributed by atoms with Gasteiger partial charge in [-0.1, -0.05) is 20.8 Å². The number of carbonyl (C=O) groups is 2. The smallest absolute Gasteiger partial charge is 0.312 e. The maximum absolute atomic E-state index is 12.2. The first-order valence-corrected chi connectivity index (χ1v) is 6.96. The fourth-order valence-electron chi connectivity index (χ4n) is 4.07. The van der Waals surface area contributed by atoms with Crippen LogP contribution >= 0.6 is 0 Å². The zero-order chi connectivity index (χ0) is 14.3. The van der Waals surface area contributed by atoms with Crippen LogP contribution in [0.1, 0.15) is 40.0 Å². The molecule has 1 saturated heterocycles. The van der Waals surface area contributed by atoms with Crippen LogP contribution < -0.4 is 5.32 Å². The van der Waals surface area contributed by atoms with Crippen molar-refractivity contribution in [2.24, 2.45) is 10.8 Å². The Morgan fingerprint density at radius 1 is 1.32 bits per heavy atom. The number of aliphatic hydroxyl groups excluding tert-OH is 1. The van der Waals surface area contributed by atoms with E-state index in [4.69, 9.17) is 5.11 Å². The first-order valence-electron chi connectivity index (χ1n) is 6.96. The normalized spacial score (nSPS) is 32.2. The molecule has 1 heterocycles. The van der Waals surface area contributed by atoms with Gasteiger partial charge in [-0.05, 0) is 30.1 Å². The minimum absolute atomic E-state index is 0.131. The number of rotatable bonds is 2. The van der Waals surface area contributed by atoms with E-state index >= 15 is 0 Å². The van der Waals surface area contributed by atoms with E-state index in [1.54, 1.807) is 4.90 Å². The van der Waals surface area contributed by atoms with E-state index in [-0.39, 0.29) is 30.0 Å². The third-order valence-corrected chi connectivity index (χ3v) is 4.27. The monoisotopic (exact) mass is 268 g/mol. The summed E-state index contributed by atoms with van der Waals surface area (Å²) in [6.07, 6.45) is 3.05. The van der Waals surface area contributed by atoms with Crippen molar-refractivity contribution < 1.29 is 14.7 Å². The zero-order valence-electron chi connectivity index (χ0n) is 12.0. The quantitative estimate of drug-likeness (QED) is 0.717. The third-order valence-electron chi connectivity index (χ3n) is 4.27. The second-order valence-electron chi connectivity index (χ2n) is 7.13. The van der Waals surface area contributed by atoms with Crippen LogP contribution in [0.4, 0.5) is 0 Å². The van der Waals surface area contributed by atoms with Crippen LogP contribution in [0.25, 0.3) is 0 Å². The number of fused-ring (bicyclic) bond motifs is 2. The van der Waals surface area contributed by atoms with Crippen LogP contribution in [0.5, 0.6) is 0 Å². The Balaban J connectivity index is 2.07. The van der Waals surface area contributed by atoms with Gasteiger partial charge in [-0.2, -0.15) is 0 Å². The summed E-state index contributed by atoms with van der Waals surface area (Å²) in [6, 6.07) is 0.182. The van der Waals surface area contributed by atoms with Gasteiger partial charge >= 0.3 is 11.8 Å². The van der Waals surface area contributed by atoms with Crippen LogP contribution in [0, 0.1) is 10.8 Å². The first-order chi connectivity index (χ1) is 8.76. The Morgan fingerprint density at radius 3 is 2.63 bits per heavy atom. The summed E-state index contributed by atoms with van der Waals surface area (Å²) < 4.78 is 0. The molecule has 19 heavy (non-hydrogen) atoms. The summed E-state index contributed by atoms with van der Waals surface area (Å²) in [5.41, 5.74) is 0.369. The predicted molar refractivity (Wildman–Crippen MR) is 71.3 cm³/mol. The van der Waals surface area contributed by atoms with Gasteiger partial charge in [-0.25, -0.2) is 0 Å². The highest BCUT2D eigenvalue weighted by Crippen LogP contribution is 2.52. The molecule has 0 aromatic heterocycles. The summed E-state index contributed by atoms with van der Waals surface area (Å²) in [5.74, 6) is -1.04. The van der Waals surface area contributed by atoms with Crippen molar-refractivity contribution in [2.45, 2.75) is 46.1 Å². The molecule has 5 nitrogen and oxygen atoms in total. The Kier molecular flexibility index (Phi) is 3.60. The number of nitrogens with one attached hydrogen (secondary N) is 1. The largest absolute Gasteiger partial charge is 0.395 e. The number of hydrogen-bond donors (Lipinski definition) is 2. The maximum Gasteiger partial charge on any atom is 0.312 e. The molecule has 1 saturated carbocycles. The van der Waals surface area contributed by atoms with E-state index in [9.17, 15) is 9.59 Å². The van der Waals surface area contributed by atoms with Crippen molar-refractivity contribution in [3.63, 3.8) is 0 Å². The van der Waals surface area contributed by atoms with Gasteiger partial charge < -0.3 is 15.3 Å². The molecule has 2 bridgehead atoms. The highest BCUT2D eigenvalue weighted by Gasteiger charge is 2.51. The lowest BCUT2D eigenvalue weighted by molar-refractivity contribution is -0.146. The zero-order valence-corrected chi connectivity index (χ0v) is 12.0. The van der Waals surface area contributed by atoms with E-state index in [1.807, 2.05) is 0 Å². The molecule has 0 spiro atoms. The molecule has 108 valence electrons. The number of aliphatic hydroxyl groups is 1. The average Bonchev–Trinajstić information content (AvgIpc) is 2.54. The van der Waals surface area contributed by atoms with Crippen molar-refractivity contribution in [3.05, 3.63) is 0 Å². The number of hydrogen-bond acceptors (Lipinski definition) is 3. The molecule has 0 aromatic carbocycles. The van der Waals surface area contributed by atoms with Gasteiger partial charge in [0.2, 0.25) is 0 Å². The molecule has 0 aromatic rings. The summed E-state index contributed by atoms with van der Waals surface area (Å²) in [6.45, 7) is 7.33. The van der Waals surface area contributed by atoms with Crippen LogP contribution in [0.3, 0.4) is 0 Å². The summed E-state index contributed by atoms with van der Waals surface area (Å²) >= 11 is 0. The lowest BCUT2D eigenvalue weighted by Crippen LogP contribution is -2.46. The molecule has 2 fully saturated rings. The Bertz CT molecular complexity index is 394. The van der Waals surface area contributed by atoms with Gasteiger partial charge in [0.05, 0.1) is 6.61 Å². The van der Waals surface area contributed by atoms with E-state index in [2.05, 4.69) is 26.1 Å². The van der Waals surface area contributed by atoms with Crippen molar-refractivity contribution in [1.82, 2.24) is 10.2 Å². The molecule has 2 N–H and O–H groups in total. The average molecular weight is 268 g/mol. The Hall–Kier alpha value is -1.10. The Labute approximate surface area is 114 Å². The number of amides is 2. The highest BCUT2D eigenvalue weighted by molar-refractivity contribution is 6.35. The summed E-state index contributed by atoms with van der Waals surface area (Å²) in [5, 5.41) is 11.1. The van der Waals surface area contributed by atoms with Crippen LogP contribution in [-0.4, -0.2) is 47.6 Å². The van der Waals surface area contributed by atoms with Gasteiger partial charge in [0.1, 0.15) is 0 Å². The second-order valence-corrected chi connectivity index (χ2v) is 7.13. The summed E-state index contributed by atoms with van der Waals surface area (Å²) in [7, 11) is 0. The number of likely N-dealkylation sites (tertiary alicyclic amines) is 1. The number of carbonyl (C=O) groups excluding carboxylic acids is 2. The third kappa shape index (κ3) is 2.91. The molecular weight excluding hydrogens is 244 g/mol. The minimum Gasteiger partial charge on any atom is -0.395 e. The fraction of sp³-hybridized carbons (Fsp3) is 0.857. The predicted octanol–water partition coefficient (Wildman–Crippen LogP) is 0.522. The topological polar surface area (TPSA) is 69.6 Å². The SMILES string of the molecule is CC1(C)CC2CC(C)(CN2C(=O)C(=O)NCCO)C1. The van der Waals surface area contributed by atoms with E-state index in [1.165, 1.54) is 0 Å². The lowest BCUT2D eigenvalue weighted by Gasteiger charge is -2.39. The second kappa shape index (κ2) is 4.78. The highest BCUT2D eigenvalue weighted by atomic mass is 16.3. The van der Waals surface area contributed by atoms with Crippen LogP contribution in [0.2, 0.25) is 0 Å². The van der Waals surface area contributed by atoms with Gasteiger partial charge in [-0.15, -0.1) is 0 Å². The van der Waals surface area contributed by atoms with Gasteiger partial charge in [-0.3, -0.25) is 9.59 Å². The fourth-order valence-corrected chi connectivity index (χ4v) is 4.07. The lowest BCUT2D eigenvalue weighted by atomic mass is 9.65. The van der Waals surface area contributed by atoms with E-state index in [0.29, 0.717) is 6.54 Å². The van der Waals surface area contributed by atoms with Crippen LogP contribution in [0.15, 0.2) is 0 Å². The van der Waals surface area contributed by atoms with Crippen molar-refractivity contribution in [3.8, 4) is 0 Å². The van der Waals surface area contributed by atoms with Crippen LogP contribution in [-0.2, 0) is 9.59 Å². The maximum atomic E-state index is 12.2. The minimum atomic E-state index is -0.594.